The first-order valence-corrected chi connectivity index (χ1v) is 7.72. The van der Waals surface area contributed by atoms with Crippen LogP contribution in [0.15, 0.2) is 0 Å². The van der Waals surface area contributed by atoms with E-state index in [1.807, 2.05) is 32.7 Å². The molecular weight excluding hydrogens is 250 g/mol. The van der Waals surface area contributed by atoms with Gasteiger partial charge in [0.15, 0.2) is 0 Å². The van der Waals surface area contributed by atoms with Gasteiger partial charge in [-0.15, -0.1) is 0 Å². The van der Waals surface area contributed by atoms with Crippen molar-refractivity contribution in [2.45, 2.75) is 43.9 Å². The highest BCUT2D eigenvalue weighted by atomic mass is 32.2. The van der Waals surface area contributed by atoms with Crippen LogP contribution < -0.4 is 5.32 Å². The number of thioether (sulfide) groups is 1. The summed E-state index contributed by atoms with van der Waals surface area (Å²) in [4.78, 5) is 11.8. The number of ether oxygens (including phenoxy) is 2. The van der Waals surface area contributed by atoms with Gasteiger partial charge in [0.1, 0.15) is 5.54 Å². The van der Waals surface area contributed by atoms with Crippen LogP contribution in [0.2, 0.25) is 0 Å². The van der Waals surface area contributed by atoms with Gasteiger partial charge in [0, 0.05) is 0 Å². The molecule has 0 aliphatic carbocycles. The van der Waals surface area contributed by atoms with Gasteiger partial charge in [0.2, 0.25) is 0 Å². The van der Waals surface area contributed by atoms with E-state index in [9.17, 15) is 4.79 Å². The summed E-state index contributed by atoms with van der Waals surface area (Å²) >= 11 is 1.98. The SMILES string of the molecule is CCOC(=O)C(C)(CCCCSC1COC1)NC. The maximum Gasteiger partial charge on any atom is 0.326 e. The van der Waals surface area contributed by atoms with E-state index in [4.69, 9.17) is 9.47 Å². The average Bonchev–Trinajstić information content (AvgIpc) is 2.31. The Bertz CT molecular complexity index is 259. The van der Waals surface area contributed by atoms with Crippen molar-refractivity contribution in [1.82, 2.24) is 5.32 Å². The minimum absolute atomic E-state index is 0.146. The van der Waals surface area contributed by atoms with Crippen LogP contribution >= 0.6 is 11.8 Å². The van der Waals surface area contributed by atoms with Crippen molar-refractivity contribution >= 4 is 17.7 Å². The lowest BCUT2D eigenvalue weighted by Gasteiger charge is -2.27. The molecule has 0 aromatic rings. The van der Waals surface area contributed by atoms with Crippen LogP contribution in [0.25, 0.3) is 0 Å². The zero-order chi connectivity index (χ0) is 13.4. The molecule has 0 aromatic carbocycles. The molecule has 1 fully saturated rings. The van der Waals surface area contributed by atoms with Crippen LogP contribution in [-0.2, 0) is 14.3 Å². The minimum atomic E-state index is -0.541. The first kappa shape index (κ1) is 15.8. The van der Waals surface area contributed by atoms with E-state index in [1.54, 1.807) is 0 Å². The number of rotatable bonds is 9. The largest absolute Gasteiger partial charge is 0.465 e. The molecule has 1 unspecified atom stereocenters. The quantitative estimate of drug-likeness (QED) is 0.514. The van der Waals surface area contributed by atoms with Gasteiger partial charge >= 0.3 is 5.97 Å². The number of hydrogen-bond acceptors (Lipinski definition) is 5. The van der Waals surface area contributed by atoms with E-state index in [1.165, 1.54) is 0 Å². The molecule has 1 aliphatic heterocycles. The number of carbonyl (C=O) groups is 1. The van der Waals surface area contributed by atoms with E-state index in [-0.39, 0.29) is 5.97 Å². The lowest BCUT2D eigenvalue weighted by atomic mass is 9.95. The second kappa shape index (κ2) is 8.02. The molecule has 106 valence electrons. The monoisotopic (exact) mass is 275 g/mol. The van der Waals surface area contributed by atoms with E-state index >= 15 is 0 Å². The summed E-state index contributed by atoms with van der Waals surface area (Å²) in [6.07, 6.45) is 3.00. The van der Waals surface area contributed by atoms with Crippen LogP contribution in [0.5, 0.6) is 0 Å². The Labute approximate surface area is 114 Å². The molecule has 1 heterocycles. The molecule has 18 heavy (non-hydrogen) atoms. The number of nitrogens with one attached hydrogen (secondary N) is 1. The molecule has 1 rings (SSSR count). The average molecular weight is 275 g/mol. The van der Waals surface area contributed by atoms with E-state index < -0.39 is 5.54 Å². The van der Waals surface area contributed by atoms with Crippen LogP contribution in [0.4, 0.5) is 0 Å². The Hall–Kier alpha value is -0.260. The zero-order valence-electron chi connectivity index (χ0n) is 11.7. The fraction of sp³-hybridized carbons (Fsp3) is 0.923. The normalized spacial score (nSPS) is 19.1. The van der Waals surface area contributed by atoms with E-state index in [0.29, 0.717) is 11.9 Å². The van der Waals surface area contributed by atoms with Gasteiger partial charge in [-0.2, -0.15) is 11.8 Å². The van der Waals surface area contributed by atoms with Crippen molar-refractivity contribution in [1.29, 1.82) is 0 Å². The topological polar surface area (TPSA) is 47.6 Å². The Morgan fingerprint density at radius 2 is 2.22 bits per heavy atom. The van der Waals surface area contributed by atoms with E-state index in [2.05, 4.69) is 5.32 Å². The van der Waals surface area contributed by atoms with Gasteiger partial charge in [-0.3, -0.25) is 4.79 Å². The fourth-order valence-electron chi connectivity index (χ4n) is 1.76. The molecule has 1 aliphatic rings. The Kier molecular flexibility index (Phi) is 7.04. The second-order valence-corrected chi connectivity index (χ2v) is 6.20. The second-order valence-electron chi connectivity index (χ2n) is 4.79. The summed E-state index contributed by atoms with van der Waals surface area (Å²) < 4.78 is 10.2. The van der Waals surface area contributed by atoms with E-state index in [0.717, 1.165) is 38.2 Å². The van der Waals surface area contributed by atoms with Crippen molar-refractivity contribution in [3.05, 3.63) is 0 Å². The van der Waals surface area contributed by atoms with Crippen molar-refractivity contribution in [3.63, 3.8) is 0 Å². The molecule has 4 nitrogen and oxygen atoms in total. The molecule has 0 radical (unpaired) electrons. The first-order chi connectivity index (χ1) is 8.62. The van der Waals surface area contributed by atoms with Crippen LogP contribution in [0.1, 0.15) is 33.1 Å². The third-order valence-corrected chi connectivity index (χ3v) is 4.58. The van der Waals surface area contributed by atoms with Gasteiger partial charge in [-0.25, -0.2) is 0 Å². The van der Waals surface area contributed by atoms with Gasteiger partial charge in [-0.05, 0) is 39.5 Å². The number of hydrogen-bond donors (Lipinski definition) is 1. The Balaban J connectivity index is 2.14. The molecule has 0 bridgehead atoms. The third-order valence-electron chi connectivity index (χ3n) is 3.31. The summed E-state index contributed by atoms with van der Waals surface area (Å²) in [7, 11) is 1.82. The summed E-state index contributed by atoms with van der Waals surface area (Å²) in [6, 6.07) is 0. The van der Waals surface area contributed by atoms with Crippen molar-refractivity contribution in [2.75, 3.05) is 32.6 Å². The predicted octanol–water partition coefficient (Wildman–Crippen LogP) is 1.83. The molecule has 5 heteroatoms. The molecule has 1 saturated heterocycles. The number of unbranched alkanes of at least 4 members (excludes halogenated alkanes) is 1. The lowest BCUT2D eigenvalue weighted by molar-refractivity contribution is -0.150. The predicted molar refractivity (Wildman–Crippen MR) is 75.0 cm³/mol. The van der Waals surface area contributed by atoms with Crippen LogP contribution in [0, 0.1) is 0 Å². The highest BCUT2D eigenvalue weighted by molar-refractivity contribution is 8.00. The van der Waals surface area contributed by atoms with Gasteiger partial charge in [0.25, 0.3) is 0 Å². The number of carbonyl (C=O) groups excluding carboxylic acids is 1. The molecule has 0 spiro atoms. The summed E-state index contributed by atoms with van der Waals surface area (Å²) in [5, 5.41) is 3.78. The maximum atomic E-state index is 11.8. The van der Waals surface area contributed by atoms with Gasteiger partial charge in [0.05, 0.1) is 25.1 Å². The summed E-state index contributed by atoms with van der Waals surface area (Å²) in [6.45, 7) is 6.00. The molecule has 0 saturated carbocycles. The van der Waals surface area contributed by atoms with Crippen LogP contribution in [0.3, 0.4) is 0 Å². The fourth-order valence-corrected chi connectivity index (χ4v) is 2.85. The highest BCUT2D eigenvalue weighted by Gasteiger charge is 2.32. The summed E-state index contributed by atoms with van der Waals surface area (Å²) in [5.74, 6) is 1.00. The molecule has 0 amide bonds. The minimum Gasteiger partial charge on any atom is -0.465 e. The number of likely N-dealkylation sites (N-methyl/N-ethyl adjacent to an activating group) is 1. The van der Waals surface area contributed by atoms with Crippen molar-refractivity contribution in [3.8, 4) is 0 Å². The zero-order valence-corrected chi connectivity index (χ0v) is 12.5. The maximum absolute atomic E-state index is 11.8. The van der Waals surface area contributed by atoms with Crippen molar-refractivity contribution in [2.24, 2.45) is 0 Å². The Morgan fingerprint density at radius 1 is 1.50 bits per heavy atom. The third kappa shape index (κ3) is 4.78. The van der Waals surface area contributed by atoms with Gasteiger partial charge in [-0.1, -0.05) is 6.42 Å². The molecule has 0 aromatic heterocycles. The van der Waals surface area contributed by atoms with Crippen molar-refractivity contribution < 1.29 is 14.3 Å². The highest BCUT2D eigenvalue weighted by Crippen LogP contribution is 2.22. The van der Waals surface area contributed by atoms with Gasteiger partial charge < -0.3 is 14.8 Å². The van der Waals surface area contributed by atoms with Crippen LogP contribution in [-0.4, -0.2) is 49.4 Å². The Morgan fingerprint density at radius 3 is 2.72 bits per heavy atom. The standard InChI is InChI=1S/C13H25NO3S/c1-4-17-12(15)13(2,14-3)7-5-6-8-18-11-9-16-10-11/h11,14H,4-10H2,1-3H3. The molecule has 1 atom stereocenters. The number of esters is 1. The lowest BCUT2D eigenvalue weighted by Crippen LogP contribution is -2.48. The molecular formula is C13H25NO3S. The molecule has 1 N–H and O–H groups in total. The first-order valence-electron chi connectivity index (χ1n) is 6.68. The smallest absolute Gasteiger partial charge is 0.326 e. The summed E-state index contributed by atoms with van der Waals surface area (Å²) in [5.41, 5.74) is -0.541.